The van der Waals surface area contributed by atoms with Gasteiger partial charge in [-0.25, -0.2) is 0 Å². The van der Waals surface area contributed by atoms with Crippen LogP contribution < -0.4 is 5.32 Å². The quantitative estimate of drug-likeness (QED) is 0.628. The Labute approximate surface area is 81.5 Å². The van der Waals surface area contributed by atoms with Crippen LogP contribution in [-0.4, -0.2) is 37.0 Å². The van der Waals surface area contributed by atoms with E-state index in [0.29, 0.717) is 18.6 Å². The molecule has 0 spiro atoms. The topological polar surface area (TPSA) is 41.5 Å². The molecule has 2 unspecified atom stereocenters. The highest BCUT2D eigenvalue weighted by Crippen LogP contribution is 2.01. The maximum absolute atomic E-state index is 9.07. The molecule has 0 bridgehead atoms. The predicted octanol–water partition coefficient (Wildman–Crippen LogP) is 1.02. The second-order valence-electron chi connectivity index (χ2n) is 3.76. The molecule has 0 aliphatic heterocycles. The Hall–Kier alpha value is -0.120. The molecule has 0 aromatic rings. The fourth-order valence-electron chi connectivity index (χ4n) is 1.16. The number of aliphatic hydroxyl groups is 1. The molecule has 0 saturated heterocycles. The first-order chi connectivity index (χ1) is 6.11. The fraction of sp³-hybridized carbons (Fsp3) is 1.00. The molecule has 0 aliphatic carbocycles. The van der Waals surface area contributed by atoms with Crippen LogP contribution in [0, 0.1) is 5.92 Å². The fourth-order valence-corrected chi connectivity index (χ4v) is 1.16. The van der Waals surface area contributed by atoms with Crippen molar-refractivity contribution in [3.8, 4) is 0 Å². The number of ether oxygens (including phenoxy) is 1. The smallest absolute Gasteiger partial charge is 0.0616 e. The van der Waals surface area contributed by atoms with Crippen molar-refractivity contribution in [2.45, 2.75) is 39.8 Å². The van der Waals surface area contributed by atoms with E-state index in [1.807, 2.05) is 6.92 Å². The van der Waals surface area contributed by atoms with Gasteiger partial charge in [-0.3, -0.25) is 0 Å². The summed E-state index contributed by atoms with van der Waals surface area (Å²) in [6, 6.07) is 0.481. The van der Waals surface area contributed by atoms with E-state index in [0.717, 1.165) is 6.61 Å². The lowest BCUT2D eigenvalue weighted by Gasteiger charge is -2.24. The molecule has 3 nitrogen and oxygen atoms in total. The van der Waals surface area contributed by atoms with Crippen molar-refractivity contribution in [2.75, 3.05) is 19.8 Å². The second-order valence-corrected chi connectivity index (χ2v) is 3.76. The van der Waals surface area contributed by atoms with Gasteiger partial charge in [0.2, 0.25) is 0 Å². The van der Waals surface area contributed by atoms with E-state index in [-0.39, 0.29) is 12.6 Å². The molecule has 0 aliphatic rings. The molecular weight excluding hydrogens is 166 g/mol. The summed E-state index contributed by atoms with van der Waals surface area (Å²) < 4.78 is 5.28. The van der Waals surface area contributed by atoms with Crippen LogP contribution >= 0.6 is 0 Å². The molecular formula is C10H23NO2. The molecule has 0 saturated carbocycles. The Morgan fingerprint density at radius 3 is 2.31 bits per heavy atom. The summed E-state index contributed by atoms with van der Waals surface area (Å²) in [6.07, 6.45) is 0. The molecule has 0 amide bonds. The van der Waals surface area contributed by atoms with E-state index in [2.05, 4.69) is 26.1 Å². The van der Waals surface area contributed by atoms with Gasteiger partial charge in [0.25, 0.3) is 0 Å². The van der Waals surface area contributed by atoms with E-state index < -0.39 is 0 Å². The van der Waals surface area contributed by atoms with Crippen LogP contribution in [0.5, 0.6) is 0 Å². The maximum Gasteiger partial charge on any atom is 0.0616 e. The lowest BCUT2D eigenvalue weighted by Crippen LogP contribution is -2.44. The van der Waals surface area contributed by atoms with Crippen LogP contribution in [0.25, 0.3) is 0 Å². The molecule has 13 heavy (non-hydrogen) atoms. The average Bonchev–Trinajstić information content (AvgIpc) is 2.10. The number of hydrogen-bond acceptors (Lipinski definition) is 3. The first kappa shape index (κ1) is 12.9. The summed E-state index contributed by atoms with van der Waals surface area (Å²) in [4.78, 5) is 0. The van der Waals surface area contributed by atoms with Crippen LogP contribution in [0.3, 0.4) is 0 Å². The Morgan fingerprint density at radius 1 is 1.31 bits per heavy atom. The van der Waals surface area contributed by atoms with Gasteiger partial charge in [0, 0.05) is 18.7 Å². The van der Waals surface area contributed by atoms with Crippen molar-refractivity contribution >= 4 is 0 Å². The molecule has 0 aromatic heterocycles. The Bertz CT molecular complexity index is 117. The van der Waals surface area contributed by atoms with Crippen molar-refractivity contribution in [3.05, 3.63) is 0 Å². The summed E-state index contributed by atoms with van der Waals surface area (Å²) in [7, 11) is 0. The minimum atomic E-state index is 0.176. The highest BCUT2D eigenvalue weighted by atomic mass is 16.5. The number of rotatable bonds is 7. The largest absolute Gasteiger partial charge is 0.395 e. The molecule has 0 rings (SSSR count). The zero-order chi connectivity index (χ0) is 10.3. The highest BCUT2D eigenvalue weighted by molar-refractivity contribution is 4.73. The lowest BCUT2D eigenvalue weighted by atomic mass is 10.0. The van der Waals surface area contributed by atoms with Gasteiger partial charge in [0.15, 0.2) is 0 Å². The Kier molecular flexibility index (Phi) is 7.23. The first-order valence-corrected chi connectivity index (χ1v) is 5.06. The predicted molar refractivity (Wildman–Crippen MR) is 54.8 cm³/mol. The molecule has 0 fully saturated rings. The standard InChI is InChI=1S/C10H23NO2/c1-5-13-7-9(4)11-10(6-12)8(2)3/h8-12H,5-7H2,1-4H3. The van der Waals surface area contributed by atoms with E-state index in [9.17, 15) is 0 Å². The van der Waals surface area contributed by atoms with Gasteiger partial charge in [-0.05, 0) is 19.8 Å². The summed E-state index contributed by atoms with van der Waals surface area (Å²) in [6.45, 7) is 9.90. The normalized spacial score (nSPS) is 16.2. The molecule has 80 valence electrons. The van der Waals surface area contributed by atoms with Gasteiger partial charge in [-0.1, -0.05) is 13.8 Å². The highest BCUT2D eigenvalue weighted by Gasteiger charge is 2.14. The Balaban J connectivity index is 3.66. The van der Waals surface area contributed by atoms with Crippen molar-refractivity contribution in [3.63, 3.8) is 0 Å². The number of nitrogens with one attached hydrogen (secondary N) is 1. The van der Waals surface area contributed by atoms with Crippen molar-refractivity contribution in [1.29, 1.82) is 0 Å². The van der Waals surface area contributed by atoms with E-state index >= 15 is 0 Å². The van der Waals surface area contributed by atoms with Gasteiger partial charge in [-0.15, -0.1) is 0 Å². The lowest BCUT2D eigenvalue weighted by molar-refractivity contribution is 0.112. The number of aliphatic hydroxyl groups excluding tert-OH is 1. The molecule has 2 atom stereocenters. The SMILES string of the molecule is CCOCC(C)NC(CO)C(C)C. The Morgan fingerprint density at radius 2 is 1.92 bits per heavy atom. The van der Waals surface area contributed by atoms with Crippen molar-refractivity contribution in [1.82, 2.24) is 5.32 Å². The monoisotopic (exact) mass is 189 g/mol. The second kappa shape index (κ2) is 7.30. The van der Waals surface area contributed by atoms with E-state index in [4.69, 9.17) is 9.84 Å². The van der Waals surface area contributed by atoms with E-state index in [1.165, 1.54) is 0 Å². The summed E-state index contributed by atoms with van der Waals surface area (Å²) in [5, 5.41) is 12.4. The molecule has 2 N–H and O–H groups in total. The van der Waals surface area contributed by atoms with E-state index in [1.54, 1.807) is 0 Å². The molecule has 0 heterocycles. The van der Waals surface area contributed by atoms with Crippen molar-refractivity contribution < 1.29 is 9.84 Å². The van der Waals surface area contributed by atoms with Gasteiger partial charge in [0.1, 0.15) is 0 Å². The third kappa shape index (κ3) is 6.02. The minimum Gasteiger partial charge on any atom is -0.395 e. The van der Waals surface area contributed by atoms with Gasteiger partial charge < -0.3 is 15.2 Å². The van der Waals surface area contributed by atoms with Crippen molar-refractivity contribution in [2.24, 2.45) is 5.92 Å². The van der Waals surface area contributed by atoms with Gasteiger partial charge in [0.05, 0.1) is 13.2 Å². The van der Waals surface area contributed by atoms with Gasteiger partial charge >= 0.3 is 0 Å². The summed E-state index contributed by atoms with van der Waals surface area (Å²) in [5.41, 5.74) is 0. The first-order valence-electron chi connectivity index (χ1n) is 5.06. The van der Waals surface area contributed by atoms with Gasteiger partial charge in [-0.2, -0.15) is 0 Å². The molecule has 0 radical (unpaired) electrons. The third-order valence-corrected chi connectivity index (χ3v) is 2.07. The molecule has 0 aromatic carbocycles. The average molecular weight is 189 g/mol. The zero-order valence-corrected chi connectivity index (χ0v) is 9.21. The zero-order valence-electron chi connectivity index (χ0n) is 9.21. The van der Waals surface area contributed by atoms with Crippen LogP contribution in [0.4, 0.5) is 0 Å². The maximum atomic E-state index is 9.07. The third-order valence-electron chi connectivity index (χ3n) is 2.07. The van der Waals surface area contributed by atoms with Crippen LogP contribution in [0.15, 0.2) is 0 Å². The molecule has 3 heteroatoms. The van der Waals surface area contributed by atoms with Crippen LogP contribution in [0.1, 0.15) is 27.7 Å². The van der Waals surface area contributed by atoms with Crippen LogP contribution in [-0.2, 0) is 4.74 Å². The summed E-state index contributed by atoms with van der Waals surface area (Å²) in [5.74, 6) is 0.453. The minimum absolute atomic E-state index is 0.176. The van der Waals surface area contributed by atoms with Crippen LogP contribution in [0.2, 0.25) is 0 Å². The summed E-state index contributed by atoms with van der Waals surface area (Å²) >= 11 is 0. The number of hydrogen-bond donors (Lipinski definition) is 2.